The Hall–Kier alpha value is -1.55. The summed E-state index contributed by atoms with van der Waals surface area (Å²) in [6.45, 7) is 0. The van der Waals surface area contributed by atoms with Crippen LogP contribution in [0.5, 0.6) is 0 Å². The number of nitrogens with one attached hydrogen (secondary N) is 2. The first-order valence-corrected chi connectivity index (χ1v) is 8.49. The molecule has 0 spiro atoms. The second-order valence-corrected chi connectivity index (χ2v) is 6.11. The Morgan fingerprint density at radius 3 is 2.68 bits per heavy atom. The Balaban J connectivity index is 1.92. The fraction of sp³-hybridized carbons (Fsp3) is 0.529. The predicted molar refractivity (Wildman–Crippen MR) is 89.4 cm³/mol. The molecule has 0 bridgehead atoms. The van der Waals surface area contributed by atoms with E-state index in [1.807, 2.05) is 0 Å². The van der Waals surface area contributed by atoms with Gasteiger partial charge in [-0.3, -0.25) is 9.59 Å². The van der Waals surface area contributed by atoms with Crippen LogP contribution < -0.4 is 10.6 Å². The second kappa shape index (κ2) is 8.79. The third-order valence-electron chi connectivity index (χ3n) is 3.89. The molecule has 1 aliphatic rings. The van der Waals surface area contributed by atoms with E-state index in [1.165, 1.54) is 19.3 Å². The summed E-state index contributed by atoms with van der Waals surface area (Å²) in [7, 11) is 0. The van der Waals surface area contributed by atoms with Gasteiger partial charge in [-0.2, -0.15) is 0 Å². The van der Waals surface area contributed by atoms with Gasteiger partial charge in [-0.05, 0) is 37.5 Å². The van der Waals surface area contributed by atoms with Crippen LogP contribution in [0.4, 0.5) is 5.69 Å². The van der Waals surface area contributed by atoms with Gasteiger partial charge < -0.3 is 10.6 Å². The van der Waals surface area contributed by atoms with Gasteiger partial charge in [0.1, 0.15) is 0 Å². The minimum atomic E-state index is -0.0783. The molecule has 0 radical (unpaired) electrons. The summed E-state index contributed by atoms with van der Waals surface area (Å²) in [6, 6.07) is 7.34. The highest BCUT2D eigenvalue weighted by molar-refractivity contribution is 6.18. The number of carbonyl (C=O) groups excluding carboxylic acids is 2. The number of benzene rings is 1. The smallest absolute Gasteiger partial charge is 0.251 e. The highest BCUT2D eigenvalue weighted by Gasteiger charge is 2.16. The van der Waals surface area contributed by atoms with Crippen molar-refractivity contribution in [2.75, 3.05) is 11.2 Å². The zero-order valence-corrected chi connectivity index (χ0v) is 13.5. The van der Waals surface area contributed by atoms with Gasteiger partial charge in [-0.15, -0.1) is 11.6 Å². The van der Waals surface area contributed by atoms with E-state index in [0.29, 0.717) is 30.0 Å². The van der Waals surface area contributed by atoms with Crippen LogP contribution in [0, 0.1) is 0 Å². The topological polar surface area (TPSA) is 58.2 Å². The van der Waals surface area contributed by atoms with Gasteiger partial charge in [-0.1, -0.05) is 25.3 Å². The molecule has 1 aromatic rings. The molecule has 2 rings (SSSR count). The molecule has 0 heterocycles. The summed E-state index contributed by atoms with van der Waals surface area (Å²) in [5.41, 5.74) is 1.23. The number of anilines is 1. The molecule has 0 atom stereocenters. The maximum Gasteiger partial charge on any atom is 0.251 e. The zero-order chi connectivity index (χ0) is 15.8. The summed E-state index contributed by atoms with van der Waals surface area (Å²) >= 11 is 5.58. The standard InChI is InChI=1S/C17H23ClN2O2/c18-11-5-10-16(21)19-15-9-4-6-13(12-15)17(22)20-14-7-2-1-3-8-14/h4,6,9,12,14H,1-3,5,7-8,10-11H2,(H,19,21)(H,20,22). The lowest BCUT2D eigenvalue weighted by atomic mass is 9.95. The first kappa shape index (κ1) is 16.8. The summed E-state index contributed by atoms with van der Waals surface area (Å²) in [5.74, 6) is 0.325. The maximum atomic E-state index is 12.3. The van der Waals surface area contributed by atoms with Crippen molar-refractivity contribution in [3.8, 4) is 0 Å². The summed E-state index contributed by atoms with van der Waals surface area (Å²) in [6.07, 6.45) is 6.78. The number of amides is 2. The normalized spacial score (nSPS) is 15.3. The number of hydrogen-bond acceptors (Lipinski definition) is 2. The van der Waals surface area contributed by atoms with Gasteiger partial charge in [0.05, 0.1) is 0 Å². The van der Waals surface area contributed by atoms with Crippen molar-refractivity contribution >= 4 is 29.1 Å². The number of alkyl halides is 1. The van der Waals surface area contributed by atoms with Crippen molar-refractivity contribution in [2.45, 2.75) is 51.0 Å². The molecule has 4 nitrogen and oxygen atoms in total. The number of halogens is 1. The number of hydrogen-bond donors (Lipinski definition) is 2. The lowest BCUT2D eigenvalue weighted by Crippen LogP contribution is -2.36. The molecule has 2 amide bonds. The van der Waals surface area contributed by atoms with Crippen LogP contribution in [0.25, 0.3) is 0 Å². The van der Waals surface area contributed by atoms with Gasteiger partial charge in [-0.25, -0.2) is 0 Å². The van der Waals surface area contributed by atoms with Gasteiger partial charge >= 0.3 is 0 Å². The van der Waals surface area contributed by atoms with Crippen LogP contribution in [-0.2, 0) is 4.79 Å². The van der Waals surface area contributed by atoms with Gasteiger partial charge in [0, 0.05) is 29.6 Å². The lowest BCUT2D eigenvalue weighted by molar-refractivity contribution is -0.116. The van der Waals surface area contributed by atoms with Crippen molar-refractivity contribution in [3.63, 3.8) is 0 Å². The fourth-order valence-corrected chi connectivity index (χ4v) is 2.84. The average Bonchev–Trinajstić information content (AvgIpc) is 2.54. The van der Waals surface area contributed by atoms with E-state index >= 15 is 0 Å². The lowest BCUT2D eigenvalue weighted by Gasteiger charge is -2.22. The minimum Gasteiger partial charge on any atom is -0.349 e. The number of rotatable bonds is 6. The highest BCUT2D eigenvalue weighted by atomic mass is 35.5. The summed E-state index contributed by atoms with van der Waals surface area (Å²) < 4.78 is 0. The van der Waals surface area contributed by atoms with Gasteiger partial charge in [0.2, 0.25) is 5.91 Å². The van der Waals surface area contributed by atoms with Crippen LogP contribution >= 0.6 is 11.6 Å². The third kappa shape index (κ3) is 5.34. The minimum absolute atomic E-state index is 0.0660. The van der Waals surface area contributed by atoms with E-state index in [-0.39, 0.29) is 17.9 Å². The Kier molecular flexibility index (Phi) is 6.72. The number of carbonyl (C=O) groups is 2. The fourth-order valence-electron chi connectivity index (χ4n) is 2.70. The maximum absolute atomic E-state index is 12.3. The second-order valence-electron chi connectivity index (χ2n) is 5.73. The van der Waals surface area contributed by atoms with E-state index in [2.05, 4.69) is 10.6 Å². The average molecular weight is 323 g/mol. The third-order valence-corrected chi connectivity index (χ3v) is 4.15. The van der Waals surface area contributed by atoms with Gasteiger partial charge in [0.25, 0.3) is 5.91 Å². The largest absolute Gasteiger partial charge is 0.349 e. The van der Waals surface area contributed by atoms with Gasteiger partial charge in [0.15, 0.2) is 0 Å². The van der Waals surface area contributed by atoms with Crippen LogP contribution in [0.15, 0.2) is 24.3 Å². The van der Waals surface area contributed by atoms with E-state index in [4.69, 9.17) is 11.6 Å². The molecule has 120 valence electrons. The molecule has 22 heavy (non-hydrogen) atoms. The molecule has 1 fully saturated rings. The molecule has 1 aliphatic carbocycles. The zero-order valence-electron chi connectivity index (χ0n) is 12.7. The SMILES string of the molecule is O=C(CCCCl)Nc1cccc(C(=O)NC2CCCCC2)c1. The van der Waals surface area contributed by atoms with Crippen molar-refractivity contribution < 1.29 is 9.59 Å². The van der Waals surface area contributed by atoms with E-state index in [0.717, 1.165) is 12.8 Å². The van der Waals surface area contributed by atoms with Crippen molar-refractivity contribution in [2.24, 2.45) is 0 Å². The molecular weight excluding hydrogens is 300 g/mol. The van der Waals surface area contributed by atoms with Crippen molar-refractivity contribution in [1.29, 1.82) is 0 Å². The first-order chi connectivity index (χ1) is 10.7. The Morgan fingerprint density at radius 2 is 1.95 bits per heavy atom. The van der Waals surface area contributed by atoms with E-state index < -0.39 is 0 Å². The van der Waals surface area contributed by atoms with Crippen LogP contribution in [0.1, 0.15) is 55.3 Å². The summed E-state index contributed by atoms with van der Waals surface area (Å²) in [4.78, 5) is 24.0. The molecule has 0 saturated heterocycles. The van der Waals surface area contributed by atoms with Crippen LogP contribution in [0.2, 0.25) is 0 Å². The molecule has 0 aromatic heterocycles. The predicted octanol–water partition coefficient (Wildman–Crippen LogP) is 3.71. The Morgan fingerprint density at radius 1 is 1.18 bits per heavy atom. The monoisotopic (exact) mass is 322 g/mol. The summed E-state index contributed by atoms with van der Waals surface area (Å²) in [5, 5.41) is 5.88. The quantitative estimate of drug-likeness (QED) is 0.784. The molecule has 0 unspecified atom stereocenters. The van der Waals surface area contributed by atoms with Crippen molar-refractivity contribution in [1.82, 2.24) is 5.32 Å². The molecule has 5 heteroatoms. The molecule has 1 aromatic carbocycles. The van der Waals surface area contributed by atoms with E-state index in [9.17, 15) is 9.59 Å². The molecular formula is C17H23ClN2O2. The van der Waals surface area contributed by atoms with Crippen LogP contribution in [-0.4, -0.2) is 23.7 Å². The Labute approximate surface area is 136 Å². The first-order valence-electron chi connectivity index (χ1n) is 7.96. The highest BCUT2D eigenvalue weighted by Crippen LogP contribution is 2.18. The molecule has 1 saturated carbocycles. The Bertz CT molecular complexity index is 513. The van der Waals surface area contributed by atoms with Crippen LogP contribution in [0.3, 0.4) is 0 Å². The molecule has 0 aliphatic heterocycles. The van der Waals surface area contributed by atoms with Crippen molar-refractivity contribution in [3.05, 3.63) is 29.8 Å². The van der Waals surface area contributed by atoms with E-state index in [1.54, 1.807) is 24.3 Å². The molecule has 2 N–H and O–H groups in total.